The lowest BCUT2D eigenvalue weighted by Gasteiger charge is -2.32. The van der Waals surface area contributed by atoms with E-state index in [0.29, 0.717) is 12.0 Å². The second kappa shape index (κ2) is 11.1. The van der Waals surface area contributed by atoms with E-state index >= 15 is 0 Å². The Hall–Kier alpha value is 0.355. The zero-order chi connectivity index (χ0) is 14.7. The van der Waals surface area contributed by atoms with Gasteiger partial charge in [0, 0.05) is 0 Å². The normalized spacial score (nSPS) is 12.2. The van der Waals surface area contributed by atoms with Gasteiger partial charge >= 0.3 is 0 Å². The maximum atomic E-state index is 6.56. The van der Waals surface area contributed by atoms with E-state index in [1.165, 1.54) is 64.1 Å². The molecule has 0 nitrogen and oxygen atoms in total. The standard InChI is InChI=1S/C17H36BCl/c1-6-7-8-9-10-11-12-13-14-15-18(19)17(4,5)16(2)3/h16H,6-15H2,1-5H3. The Morgan fingerprint density at radius 3 is 1.68 bits per heavy atom. The van der Waals surface area contributed by atoms with Crippen LogP contribution in [0.2, 0.25) is 11.6 Å². The van der Waals surface area contributed by atoms with Crippen molar-refractivity contribution in [3.05, 3.63) is 0 Å². The Morgan fingerprint density at radius 1 is 0.842 bits per heavy atom. The van der Waals surface area contributed by atoms with Crippen LogP contribution >= 0.6 is 11.5 Å². The summed E-state index contributed by atoms with van der Waals surface area (Å²) in [6.07, 6.45) is 14.1. The summed E-state index contributed by atoms with van der Waals surface area (Å²) in [5.74, 6) is 0.661. The van der Waals surface area contributed by atoms with Gasteiger partial charge in [0.15, 0.2) is 0 Å². The van der Waals surface area contributed by atoms with Crippen LogP contribution in [-0.4, -0.2) is 6.13 Å². The molecule has 0 N–H and O–H groups in total. The summed E-state index contributed by atoms with van der Waals surface area (Å²) in [5, 5.41) is 0.266. The van der Waals surface area contributed by atoms with Gasteiger partial charge in [0.05, 0.1) is 0 Å². The molecule has 19 heavy (non-hydrogen) atoms. The zero-order valence-electron chi connectivity index (χ0n) is 14.1. The SMILES string of the molecule is CCCCCCCCCCCB(Cl)C(C)(C)C(C)C. The minimum atomic E-state index is 0.266. The molecule has 0 heterocycles. The van der Waals surface area contributed by atoms with E-state index in [1.54, 1.807) is 0 Å². The first-order chi connectivity index (χ1) is 8.92. The van der Waals surface area contributed by atoms with Gasteiger partial charge in [-0.05, 0) is 11.2 Å². The van der Waals surface area contributed by atoms with Gasteiger partial charge in [-0.1, -0.05) is 98.7 Å². The molecule has 0 amide bonds. The molecule has 0 saturated carbocycles. The van der Waals surface area contributed by atoms with Gasteiger partial charge in [-0.15, -0.1) is 0 Å². The van der Waals surface area contributed by atoms with E-state index in [9.17, 15) is 0 Å². The molecule has 2 heteroatoms. The lowest BCUT2D eigenvalue weighted by Crippen LogP contribution is -2.27. The summed E-state index contributed by atoms with van der Waals surface area (Å²) < 4.78 is 0. The second-order valence-corrected chi connectivity index (χ2v) is 7.59. The van der Waals surface area contributed by atoms with Crippen molar-refractivity contribution in [2.45, 2.75) is 104 Å². The van der Waals surface area contributed by atoms with Crippen LogP contribution in [0.1, 0.15) is 92.4 Å². The van der Waals surface area contributed by atoms with Crippen LogP contribution in [0.15, 0.2) is 0 Å². The van der Waals surface area contributed by atoms with Crippen LogP contribution in [0.3, 0.4) is 0 Å². The second-order valence-electron chi connectivity index (χ2n) is 7.06. The topological polar surface area (TPSA) is 0 Å². The van der Waals surface area contributed by atoms with Crippen molar-refractivity contribution in [1.82, 2.24) is 0 Å². The minimum Gasteiger partial charge on any atom is -0.195 e. The largest absolute Gasteiger partial charge is 0.256 e. The first kappa shape index (κ1) is 19.4. The molecule has 0 aliphatic carbocycles. The fourth-order valence-corrected chi connectivity index (χ4v) is 2.77. The Labute approximate surface area is 128 Å². The van der Waals surface area contributed by atoms with Crippen LogP contribution in [0.25, 0.3) is 0 Å². The van der Waals surface area contributed by atoms with E-state index in [-0.39, 0.29) is 5.31 Å². The van der Waals surface area contributed by atoms with Gasteiger partial charge in [-0.25, -0.2) is 0 Å². The quantitative estimate of drug-likeness (QED) is 0.263. The van der Waals surface area contributed by atoms with Crippen LogP contribution in [0.5, 0.6) is 0 Å². The average Bonchev–Trinajstić information content (AvgIpc) is 2.36. The van der Waals surface area contributed by atoms with Gasteiger partial charge in [0.1, 0.15) is 0 Å². The van der Waals surface area contributed by atoms with Crippen LogP contribution in [0.4, 0.5) is 0 Å². The summed E-state index contributed by atoms with van der Waals surface area (Å²) in [5.41, 5.74) is 0. The molecule has 0 radical (unpaired) electrons. The van der Waals surface area contributed by atoms with Crippen molar-refractivity contribution < 1.29 is 0 Å². The molecule has 0 bridgehead atoms. The van der Waals surface area contributed by atoms with Crippen molar-refractivity contribution in [3.8, 4) is 0 Å². The summed E-state index contributed by atoms with van der Waals surface area (Å²) in [4.78, 5) is 0. The van der Waals surface area contributed by atoms with Crippen molar-refractivity contribution in [2.75, 3.05) is 0 Å². The molecule has 0 aliphatic rings. The Morgan fingerprint density at radius 2 is 1.26 bits per heavy atom. The fraction of sp³-hybridized carbons (Fsp3) is 1.00. The van der Waals surface area contributed by atoms with Crippen molar-refractivity contribution in [2.24, 2.45) is 5.92 Å². The number of halogens is 1. The molecule has 0 spiro atoms. The zero-order valence-corrected chi connectivity index (χ0v) is 14.9. The molecule has 0 rings (SSSR count). The maximum absolute atomic E-state index is 6.56. The first-order valence-electron chi connectivity index (χ1n) is 8.57. The van der Waals surface area contributed by atoms with Crippen molar-refractivity contribution in [1.29, 1.82) is 0 Å². The lowest BCUT2D eigenvalue weighted by molar-refractivity contribution is 0.468. The highest BCUT2D eigenvalue weighted by Crippen LogP contribution is 2.41. The fourth-order valence-electron chi connectivity index (χ4n) is 2.37. The van der Waals surface area contributed by atoms with Gasteiger partial charge in [-0.3, -0.25) is 0 Å². The predicted molar refractivity (Wildman–Crippen MR) is 92.5 cm³/mol. The molecule has 0 saturated heterocycles. The van der Waals surface area contributed by atoms with Crippen molar-refractivity contribution in [3.63, 3.8) is 0 Å². The van der Waals surface area contributed by atoms with Gasteiger partial charge < -0.3 is 0 Å². The summed E-state index contributed by atoms with van der Waals surface area (Å²) in [6, 6.07) is 0. The monoisotopic (exact) mass is 286 g/mol. The Kier molecular flexibility index (Phi) is 11.3. The molecule has 0 unspecified atom stereocenters. The molecule has 0 aromatic rings. The van der Waals surface area contributed by atoms with Gasteiger partial charge in [0.25, 0.3) is 6.13 Å². The highest BCUT2D eigenvalue weighted by atomic mass is 35.5. The third kappa shape index (κ3) is 9.00. The van der Waals surface area contributed by atoms with Crippen molar-refractivity contribution >= 4 is 17.6 Å². The molecular weight excluding hydrogens is 250 g/mol. The molecule has 0 fully saturated rings. The Bertz CT molecular complexity index is 201. The number of rotatable bonds is 12. The van der Waals surface area contributed by atoms with Crippen LogP contribution in [-0.2, 0) is 0 Å². The van der Waals surface area contributed by atoms with Gasteiger partial charge in [0.2, 0.25) is 0 Å². The molecule has 0 aliphatic heterocycles. The van der Waals surface area contributed by atoms with E-state index in [1.807, 2.05) is 0 Å². The maximum Gasteiger partial charge on any atom is 0.256 e. The summed E-state index contributed by atoms with van der Waals surface area (Å²) in [6.45, 7) is 11.5. The summed E-state index contributed by atoms with van der Waals surface area (Å²) in [7, 11) is 0. The number of hydrogen-bond donors (Lipinski definition) is 0. The Balaban J connectivity index is 3.44. The molecule has 0 atom stereocenters. The summed E-state index contributed by atoms with van der Waals surface area (Å²) >= 11 is 6.56. The van der Waals surface area contributed by atoms with E-state index in [2.05, 4.69) is 34.6 Å². The predicted octanol–water partition coefficient (Wildman–Crippen LogP) is 7.18. The van der Waals surface area contributed by atoms with Crippen LogP contribution < -0.4 is 0 Å². The lowest BCUT2D eigenvalue weighted by atomic mass is 9.46. The van der Waals surface area contributed by atoms with Crippen LogP contribution in [0, 0.1) is 5.92 Å². The molecular formula is C17H36BCl. The molecule has 0 aromatic heterocycles. The number of unbranched alkanes of at least 4 members (excludes halogenated alkanes) is 8. The third-order valence-electron chi connectivity index (χ3n) is 4.86. The molecule has 0 aromatic carbocycles. The highest BCUT2D eigenvalue weighted by Gasteiger charge is 2.33. The third-order valence-corrected chi connectivity index (χ3v) is 5.64. The average molecular weight is 287 g/mol. The van der Waals surface area contributed by atoms with Gasteiger partial charge in [-0.2, -0.15) is 11.5 Å². The van der Waals surface area contributed by atoms with E-state index < -0.39 is 0 Å². The first-order valence-corrected chi connectivity index (χ1v) is 9.00. The minimum absolute atomic E-state index is 0.266. The van der Waals surface area contributed by atoms with E-state index in [4.69, 9.17) is 11.5 Å². The van der Waals surface area contributed by atoms with E-state index in [0.717, 1.165) is 0 Å². The molecule has 114 valence electrons. The smallest absolute Gasteiger partial charge is 0.195 e. The highest BCUT2D eigenvalue weighted by molar-refractivity contribution is 7.08. The number of hydrogen-bond acceptors (Lipinski definition) is 0.